The molecule has 0 bridgehead atoms. The molecule has 0 radical (unpaired) electrons. The predicted molar refractivity (Wildman–Crippen MR) is 126 cm³/mol. The fourth-order valence-electron chi connectivity index (χ4n) is 3.86. The molecule has 0 saturated heterocycles. The molecule has 0 aromatic heterocycles. The first-order valence-corrected chi connectivity index (χ1v) is 10.3. The summed E-state index contributed by atoms with van der Waals surface area (Å²) in [5.74, 6) is 0. The monoisotopic (exact) mass is 450 g/mol. The number of benzene rings is 3. The minimum atomic E-state index is 0.178. The van der Waals surface area contributed by atoms with Gasteiger partial charge in [0.05, 0.1) is 24.5 Å². The van der Waals surface area contributed by atoms with E-state index in [1.165, 1.54) is 6.08 Å². The number of nitrogens with zero attached hydrogens (tertiary/aromatic N) is 4. The molecule has 8 heteroatoms. The van der Waals surface area contributed by atoms with Crippen molar-refractivity contribution in [2.75, 3.05) is 13.1 Å². The quantitative estimate of drug-likeness (QED) is 0.328. The van der Waals surface area contributed by atoms with Crippen molar-refractivity contribution in [2.24, 2.45) is 20.0 Å². The second kappa shape index (κ2) is 12.3. The Kier molecular flexibility index (Phi) is 8.61. The second-order valence-electron chi connectivity index (χ2n) is 7.01. The average Bonchev–Trinajstić information content (AvgIpc) is 2.86. The first-order chi connectivity index (χ1) is 16.7. The first kappa shape index (κ1) is 23.8. The lowest BCUT2D eigenvalue weighted by Gasteiger charge is -2.20. The predicted octanol–water partition coefficient (Wildman–Crippen LogP) is 4.71. The van der Waals surface area contributed by atoms with Crippen LogP contribution in [0.3, 0.4) is 0 Å². The summed E-state index contributed by atoms with van der Waals surface area (Å²) in [6.45, 7) is 0.406. The molecule has 0 saturated carbocycles. The van der Waals surface area contributed by atoms with E-state index in [0.29, 0.717) is 35.3 Å². The van der Waals surface area contributed by atoms with Crippen LogP contribution in [0.5, 0.6) is 0 Å². The van der Waals surface area contributed by atoms with Crippen molar-refractivity contribution in [3.8, 4) is 22.3 Å². The smallest absolute Gasteiger partial charge is 0.211 e. The minimum Gasteiger partial charge on any atom is -0.211 e. The molecule has 3 aromatic carbocycles. The van der Waals surface area contributed by atoms with Crippen LogP contribution >= 0.6 is 0 Å². The van der Waals surface area contributed by atoms with Crippen LogP contribution in [0.15, 0.2) is 80.6 Å². The van der Waals surface area contributed by atoms with E-state index in [2.05, 4.69) is 20.0 Å². The molecule has 0 aliphatic heterocycles. The maximum atomic E-state index is 11.1. The van der Waals surface area contributed by atoms with E-state index in [9.17, 15) is 19.2 Å². The molecule has 3 rings (SSSR count). The van der Waals surface area contributed by atoms with Gasteiger partial charge in [0.15, 0.2) is 0 Å². The zero-order chi connectivity index (χ0) is 24.2. The van der Waals surface area contributed by atoms with E-state index < -0.39 is 0 Å². The maximum absolute atomic E-state index is 11.1. The minimum absolute atomic E-state index is 0.178. The molecule has 0 fully saturated rings. The van der Waals surface area contributed by atoms with Gasteiger partial charge in [-0.2, -0.15) is 9.98 Å². The molecule has 0 N–H and O–H groups in total. The van der Waals surface area contributed by atoms with Crippen LogP contribution in [0.1, 0.15) is 11.1 Å². The third-order valence-electron chi connectivity index (χ3n) is 5.21. The molecule has 0 aliphatic carbocycles. The molecule has 8 nitrogen and oxygen atoms in total. The van der Waals surface area contributed by atoms with Gasteiger partial charge in [-0.25, -0.2) is 29.2 Å². The summed E-state index contributed by atoms with van der Waals surface area (Å²) < 4.78 is 0. The van der Waals surface area contributed by atoms with Crippen LogP contribution in [0.4, 0.5) is 11.4 Å². The molecule has 0 atom stereocenters. The fraction of sp³-hybridized carbons (Fsp3) is 0.154. The number of aliphatic imine (C=N–C) groups is 4. The van der Waals surface area contributed by atoms with E-state index >= 15 is 0 Å². The first-order valence-electron chi connectivity index (χ1n) is 10.3. The van der Waals surface area contributed by atoms with Gasteiger partial charge < -0.3 is 0 Å². The molecule has 0 aliphatic rings. The van der Waals surface area contributed by atoms with Gasteiger partial charge >= 0.3 is 0 Å². The van der Waals surface area contributed by atoms with Crippen LogP contribution in [0, 0.1) is 0 Å². The highest BCUT2D eigenvalue weighted by Crippen LogP contribution is 2.43. The van der Waals surface area contributed by atoms with Crippen LogP contribution in [0.25, 0.3) is 22.3 Å². The van der Waals surface area contributed by atoms with Gasteiger partial charge in [0.2, 0.25) is 24.3 Å². The summed E-state index contributed by atoms with van der Waals surface area (Å²) in [6, 6.07) is 18.0. The number of isocyanates is 4. The standard InChI is InChI=1S/C26H18N4O4/c31-15-27-13-11-19-9-10-22(21-5-1-3-7-24(21)29-17-33)26(20(19)12-14-28-16-32)23-6-2-4-8-25(23)30-18-34/h1-10H,11-14H2. The number of hydrogen-bond acceptors (Lipinski definition) is 8. The largest absolute Gasteiger partial charge is 0.240 e. The summed E-state index contributed by atoms with van der Waals surface area (Å²) in [6.07, 6.45) is 7.08. The third kappa shape index (κ3) is 5.50. The summed E-state index contributed by atoms with van der Waals surface area (Å²) >= 11 is 0. The summed E-state index contributed by atoms with van der Waals surface area (Å²) in [5.41, 5.74) is 5.31. The molecular weight excluding hydrogens is 432 g/mol. The van der Waals surface area contributed by atoms with E-state index in [1.807, 2.05) is 36.4 Å². The van der Waals surface area contributed by atoms with E-state index in [-0.39, 0.29) is 13.1 Å². The zero-order valence-corrected chi connectivity index (χ0v) is 18.0. The van der Waals surface area contributed by atoms with Gasteiger partial charge in [0.25, 0.3) is 0 Å². The summed E-state index contributed by atoms with van der Waals surface area (Å²) in [5, 5.41) is 0. The Bertz CT molecular complexity index is 1390. The SMILES string of the molecule is O=C=NCCc1ccc(-c2ccccc2N=C=O)c(-c2ccccc2N=C=O)c1CCN=C=O. The topological polar surface area (TPSA) is 118 Å². The second-order valence-corrected chi connectivity index (χ2v) is 7.01. The van der Waals surface area contributed by atoms with Crippen molar-refractivity contribution in [2.45, 2.75) is 12.8 Å². The van der Waals surface area contributed by atoms with E-state index in [4.69, 9.17) is 0 Å². The lowest BCUT2D eigenvalue weighted by Crippen LogP contribution is -2.04. The van der Waals surface area contributed by atoms with Crippen molar-refractivity contribution in [3.63, 3.8) is 0 Å². The van der Waals surface area contributed by atoms with Gasteiger partial charge in [0, 0.05) is 11.1 Å². The lowest BCUT2D eigenvalue weighted by atomic mass is 9.84. The summed E-state index contributed by atoms with van der Waals surface area (Å²) in [4.78, 5) is 58.6. The Morgan fingerprint density at radius 1 is 0.559 bits per heavy atom. The molecule has 0 amide bonds. The van der Waals surface area contributed by atoms with Crippen LogP contribution in [-0.2, 0) is 32.0 Å². The number of carbonyl (C=O) groups excluding carboxylic acids is 4. The Balaban J connectivity index is 2.42. The third-order valence-corrected chi connectivity index (χ3v) is 5.21. The van der Waals surface area contributed by atoms with Crippen molar-refractivity contribution in [3.05, 3.63) is 71.8 Å². The molecular formula is C26H18N4O4. The Morgan fingerprint density at radius 2 is 1.12 bits per heavy atom. The van der Waals surface area contributed by atoms with Crippen molar-refractivity contribution in [1.82, 2.24) is 0 Å². The van der Waals surface area contributed by atoms with Crippen molar-refractivity contribution < 1.29 is 19.2 Å². The Hall–Kier alpha value is -4.82. The van der Waals surface area contributed by atoms with E-state index in [1.54, 1.807) is 42.5 Å². The average molecular weight is 450 g/mol. The Morgan fingerprint density at radius 3 is 1.74 bits per heavy atom. The normalized spacial score (nSPS) is 9.65. The molecule has 0 spiro atoms. The molecule has 0 heterocycles. The van der Waals surface area contributed by atoms with E-state index in [0.717, 1.165) is 22.3 Å². The van der Waals surface area contributed by atoms with Gasteiger partial charge in [-0.1, -0.05) is 48.5 Å². The number of para-hydroxylation sites is 2. The van der Waals surface area contributed by atoms with Gasteiger partial charge in [-0.3, -0.25) is 0 Å². The highest BCUT2D eigenvalue weighted by atomic mass is 16.1. The maximum Gasteiger partial charge on any atom is 0.240 e. The van der Waals surface area contributed by atoms with Crippen LogP contribution in [-0.4, -0.2) is 37.4 Å². The van der Waals surface area contributed by atoms with Crippen LogP contribution in [0.2, 0.25) is 0 Å². The number of hydrogen-bond donors (Lipinski definition) is 0. The van der Waals surface area contributed by atoms with Gasteiger partial charge in [-0.15, -0.1) is 0 Å². The highest BCUT2D eigenvalue weighted by molar-refractivity contribution is 5.94. The fourth-order valence-corrected chi connectivity index (χ4v) is 3.86. The van der Waals surface area contributed by atoms with Crippen molar-refractivity contribution >= 4 is 35.7 Å². The van der Waals surface area contributed by atoms with Crippen molar-refractivity contribution in [1.29, 1.82) is 0 Å². The Labute approximate surface area is 195 Å². The lowest BCUT2D eigenvalue weighted by molar-refractivity contribution is 0.562. The highest BCUT2D eigenvalue weighted by Gasteiger charge is 2.20. The molecule has 34 heavy (non-hydrogen) atoms. The molecule has 166 valence electrons. The number of rotatable bonds is 10. The van der Waals surface area contributed by atoms with Crippen LogP contribution < -0.4 is 0 Å². The molecule has 3 aromatic rings. The summed E-state index contributed by atoms with van der Waals surface area (Å²) in [7, 11) is 0. The zero-order valence-electron chi connectivity index (χ0n) is 18.0. The molecule has 0 unspecified atom stereocenters. The van der Waals surface area contributed by atoms with Gasteiger partial charge in [-0.05, 0) is 47.2 Å². The van der Waals surface area contributed by atoms with Gasteiger partial charge in [0.1, 0.15) is 0 Å².